The van der Waals surface area contributed by atoms with Gasteiger partial charge in [0, 0.05) is 25.7 Å². The lowest BCUT2D eigenvalue weighted by molar-refractivity contribution is 0.0921. The Morgan fingerprint density at radius 2 is 2.18 bits per heavy atom. The van der Waals surface area contributed by atoms with E-state index in [1.54, 1.807) is 0 Å². The van der Waals surface area contributed by atoms with Gasteiger partial charge >= 0.3 is 0 Å². The van der Waals surface area contributed by atoms with Crippen molar-refractivity contribution in [2.45, 2.75) is 46.1 Å². The number of nitrogens with zero attached hydrogens (tertiary/aromatic N) is 1. The van der Waals surface area contributed by atoms with Gasteiger partial charge in [-0.05, 0) is 38.3 Å². The Hall–Kier alpha value is -0.120. The molecule has 0 radical (unpaired) electrons. The van der Waals surface area contributed by atoms with Gasteiger partial charge in [0.05, 0.1) is 6.61 Å². The Morgan fingerprint density at radius 3 is 2.88 bits per heavy atom. The van der Waals surface area contributed by atoms with Gasteiger partial charge in [-0.15, -0.1) is 0 Å². The number of ether oxygens (including phenoxy) is 1. The van der Waals surface area contributed by atoms with E-state index in [1.165, 1.54) is 25.8 Å². The summed E-state index contributed by atoms with van der Waals surface area (Å²) in [4.78, 5) is 2.58. The van der Waals surface area contributed by atoms with Gasteiger partial charge in [0.25, 0.3) is 0 Å². The van der Waals surface area contributed by atoms with Gasteiger partial charge in [-0.3, -0.25) is 4.90 Å². The molecule has 0 amide bonds. The minimum atomic E-state index is 0.739. The Balaban J connectivity index is 2.04. The number of rotatable bonds is 9. The van der Waals surface area contributed by atoms with E-state index >= 15 is 0 Å². The van der Waals surface area contributed by atoms with Crippen LogP contribution >= 0.6 is 0 Å². The summed E-state index contributed by atoms with van der Waals surface area (Å²) in [5.74, 6) is 0.753. The largest absolute Gasteiger partial charge is 0.380 e. The zero-order valence-corrected chi connectivity index (χ0v) is 11.9. The topological polar surface area (TPSA) is 24.5 Å². The van der Waals surface area contributed by atoms with Gasteiger partial charge in [0.1, 0.15) is 0 Å². The first kappa shape index (κ1) is 14.9. The molecule has 0 spiro atoms. The van der Waals surface area contributed by atoms with Crippen LogP contribution in [0.4, 0.5) is 0 Å². The Bertz CT molecular complexity index is 185. The molecule has 1 N–H and O–H groups in total. The molecule has 102 valence electrons. The maximum absolute atomic E-state index is 5.70. The van der Waals surface area contributed by atoms with Crippen LogP contribution in [0.5, 0.6) is 0 Å². The summed E-state index contributed by atoms with van der Waals surface area (Å²) < 4.78 is 5.70. The number of hydrogen-bond donors (Lipinski definition) is 1. The van der Waals surface area contributed by atoms with Crippen LogP contribution in [0.3, 0.4) is 0 Å². The predicted octanol–water partition coefficient (Wildman–Crippen LogP) is 2.12. The summed E-state index contributed by atoms with van der Waals surface area (Å²) in [5.41, 5.74) is 0. The van der Waals surface area contributed by atoms with Gasteiger partial charge < -0.3 is 10.1 Å². The Labute approximate surface area is 107 Å². The van der Waals surface area contributed by atoms with Gasteiger partial charge in [0.15, 0.2) is 0 Å². The molecular formula is C14H30N2O. The molecule has 1 atom stereocenters. The predicted molar refractivity (Wildman–Crippen MR) is 73.4 cm³/mol. The summed E-state index contributed by atoms with van der Waals surface area (Å²) in [6, 6.07) is 0.739. The van der Waals surface area contributed by atoms with Crippen LogP contribution in [-0.2, 0) is 4.74 Å². The monoisotopic (exact) mass is 242 g/mol. The van der Waals surface area contributed by atoms with E-state index in [2.05, 4.69) is 31.0 Å². The molecule has 0 aliphatic carbocycles. The van der Waals surface area contributed by atoms with Crippen molar-refractivity contribution < 1.29 is 4.74 Å². The lowest BCUT2D eigenvalue weighted by Crippen LogP contribution is -2.39. The number of hydrogen-bond acceptors (Lipinski definition) is 3. The van der Waals surface area contributed by atoms with Gasteiger partial charge in [-0.25, -0.2) is 0 Å². The molecule has 0 bridgehead atoms. The van der Waals surface area contributed by atoms with Crippen molar-refractivity contribution in [3.63, 3.8) is 0 Å². The maximum Gasteiger partial charge on any atom is 0.0593 e. The maximum atomic E-state index is 5.70. The second-order valence-electron chi connectivity index (χ2n) is 5.43. The van der Waals surface area contributed by atoms with Crippen LogP contribution in [-0.4, -0.2) is 50.3 Å². The smallest absolute Gasteiger partial charge is 0.0593 e. The lowest BCUT2D eigenvalue weighted by Gasteiger charge is -2.24. The molecule has 1 heterocycles. The fourth-order valence-electron chi connectivity index (χ4n) is 2.33. The third-order valence-electron chi connectivity index (χ3n) is 3.49. The van der Waals surface area contributed by atoms with Crippen molar-refractivity contribution in [2.24, 2.45) is 5.92 Å². The summed E-state index contributed by atoms with van der Waals surface area (Å²) in [7, 11) is 0. The van der Waals surface area contributed by atoms with E-state index < -0.39 is 0 Å². The van der Waals surface area contributed by atoms with Crippen molar-refractivity contribution in [1.29, 1.82) is 0 Å². The lowest BCUT2D eigenvalue weighted by atomic mass is 10.1. The van der Waals surface area contributed by atoms with E-state index in [0.29, 0.717) is 0 Å². The summed E-state index contributed by atoms with van der Waals surface area (Å²) in [5, 5.41) is 3.45. The molecule has 1 aliphatic heterocycles. The summed E-state index contributed by atoms with van der Waals surface area (Å²) in [6.07, 6.45) is 3.88. The first-order valence-electron chi connectivity index (χ1n) is 7.26. The summed E-state index contributed by atoms with van der Waals surface area (Å²) >= 11 is 0. The molecule has 0 aromatic carbocycles. The van der Waals surface area contributed by atoms with E-state index in [4.69, 9.17) is 4.74 Å². The van der Waals surface area contributed by atoms with Crippen molar-refractivity contribution in [3.05, 3.63) is 0 Å². The highest BCUT2D eigenvalue weighted by molar-refractivity contribution is 4.80. The molecule has 17 heavy (non-hydrogen) atoms. The Morgan fingerprint density at radius 1 is 1.35 bits per heavy atom. The molecule has 3 nitrogen and oxygen atoms in total. The molecule has 0 aromatic rings. The highest BCUT2D eigenvalue weighted by Crippen LogP contribution is 2.15. The number of likely N-dealkylation sites (N-methyl/N-ethyl adjacent to an activating group) is 1. The van der Waals surface area contributed by atoms with Crippen LogP contribution in [0.25, 0.3) is 0 Å². The average Bonchev–Trinajstić information content (AvgIpc) is 2.73. The zero-order chi connectivity index (χ0) is 12.5. The highest BCUT2D eigenvalue weighted by atomic mass is 16.5. The standard InChI is InChI=1S/C14H30N2O/c1-4-15-12-14-6-5-8-16(14)9-11-17-10-7-13(2)3/h13-15H,4-12H2,1-3H3. The summed E-state index contributed by atoms with van der Waals surface area (Å²) in [6.45, 7) is 13.1. The van der Waals surface area contributed by atoms with Gasteiger partial charge in [-0.2, -0.15) is 0 Å². The average molecular weight is 242 g/mol. The van der Waals surface area contributed by atoms with Crippen LogP contribution in [0.1, 0.15) is 40.0 Å². The van der Waals surface area contributed by atoms with Crippen LogP contribution in [0, 0.1) is 5.92 Å². The van der Waals surface area contributed by atoms with Crippen LogP contribution < -0.4 is 5.32 Å². The first-order valence-corrected chi connectivity index (χ1v) is 7.26. The molecule has 1 saturated heterocycles. The van der Waals surface area contributed by atoms with Crippen LogP contribution in [0.2, 0.25) is 0 Å². The van der Waals surface area contributed by atoms with Crippen molar-refractivity contribution in [2.75, 3.05) is 39.4 Å². The van der Waals surface area contributed by atoms with Crippen LogP contribution in [0.15, 0.2) is 0 Å². The quantitative estimate of drug-likeness (QED) is 0.627. The Kier molecular flexibility index (Phi) is 7.82. The zero-order valence-electron chi connectivity index (χ0n) is 11.9. The minimum absolute atomic E-state index is 0.739. The minimum Gasteiger partial charge on any atom is -0.380 e. The van der Waals surface area contributed by atoms with Crippen molar-refractivity contribution in [3.8, 4) is 0 Å². The molecular weight excluding hydrogens is 212 g/mol. The number of likely N-dealkylation sites (tertiary alicyclic amines) is 1. The van der Waals surface area contributed by atoms with E-state index in [1.807, 2.05) is 0 Å². The van der Waals surface area contributed by atoms with Gasteiger partial charge in [0.2, 0.25) is 0 Å². The second-order valence-corrected chi connectivity index (χ2v) is 5.43. The molecule has 0 aromatic heterocycles. The fourth-order valence-corrected chi connectivity index (χ4v) is 2.33. The third-order valence-corrected chi connectivity index (χ3v) is 3.49. The molecule has 0 saturated carbocycles. The fraction of sp³-hybridized carbons (Fsp3) is 1.00. The third kappa shape index (κ3) is 6.39. The van der Waals surface area contributed by atoms with Crippen molar-refractivity contribution in [1.82, 2.24) is 10.2 Å². The molecule has 1 aliphatic rings. The molecule has 1 fully saturated rings. The first-order chi connectivity index (χ1) is 8.24. The molecule has 3 heteroatoms. The molecule has 1 unspecified atom stereocenters. The highest BCUT2D eigenvalue weighted by Gasteiger charge is 2.23. The van der Waals surface area contributed by atoms with Crippen molar-refractivity contribution >= 4 is 0 Å². The number of nitrogens with one attached hydrogen (secondary N) is 1. The van der Waals surface area contributed by atoms with E-state index in [9.17, 15) is 0 Å². The van der Waals surface area contributed by atoms with E-state index in [0.717, 1.165) is 44.8 Å². The normalized spacial score (nSPS) is 21.5. The second kappa shape index (κ2) is 8.90. The van der Waals surface area contributed by atoms with E-state index in [-0.39, 0.29) is 0 Å². The van der Waals surface area contributed by atoms with Gasteiger partial charge in [-0.1, -0.05) is 20.8 Å². The molecule has 1 rings (SSSR count). The SMILES string of the molecule is CCNCC1CCCN1CCOCCC(C)C.